The van der Waals surface area contributed by atoms with E-state index in [0.29, 0.717) is 45.4 Å². The van der Waals surface area contributed by atoms with E-state index >= 15 is 0 Å². The van der Waals surface area contributed by atoms with Gasteiger partial charge in [-0.15, -0.1) is 0 Å². The highest BCUT2D eigenvalue weighted by molar-refractivity contribution is 5.94. The molecule has 0 fully saturated rings. The predicted molar refractivity (Wildman–Crippen MR) is 141 cm³/mol. The van der Waals surface area contributed by atoms with Gasteiger partial charge >= 0.3 is 5.97 Å². The molecule has 4 aromatic rings. The Morgan fingerprint density at radius 2 is 1.51 bits per heavy atom. The Morgan fingerprint density at radius 1 is 0.821 bits per heavy atom. The lowest BCUT2D eigenvalue weighted by atomic mass is 9.84. The number of rotatable bonds is 7. The number of fused-ring (bicyclic) bond motifs is 3. The number of phenolic OH excluding ortho intramolecular Hbond substituents is 1. The van der Waals surface area contributed by atoms with E-state index in [-0.39, 0.29) is 34.5 Å². The molecule has 2 heterocycles. The Bertz CT molecular complexity index is 1650. The van der Waals surface area contributed by atoms with Crippen molar-refractivity contribution in [3.8, 4) is 51.4 Å². The van der Waals surface area contributed by atoms with Gasteiger partial charge in [-0.1, -0.05) is 12.1 Å². The molecule has 3 aromatic carbocycles. The highest BCUT2D eigenvalue weighted by Crippen LogP contribution is 2.51. The van der Waals surface area contributed by atoms with Gasteiger partial charge in [-0.25, -0.2) is 0 Å². The summed E-state index contributed by atoms with van der Waals surface area (Å²) < 4.78 is 38.7. The standard InChI is InChI=1S/C29H26O10/c1-33-19-8-6-14(10-21(19)35-3)17-13-38-29-24-16(15-7-9-20(34-2)28(37-5)27(15)36-4)11-23(31)39-22(24)12-18(30)25(29)26(17)32/h6-10,12-13,16,30H,11H2,1-5H3/t16-/m0/s1. The van der Waals surface area contributed by atoms with Crippen LogP contribution in [0, 0.1) is 0 Å². The molecule has 39 heavy (non-hydrogen) atoms. The second-order valence-corrected chi connectivity index (χ2v) is 8.71. The lowest BCUT2D eigenvalue weighted by Crippen LogP contribution is -2.22. The molecular formula is C29H26O10. The molecule has 0 saturated carbocycles. The molecule has 10 heteroatoms. The average molecular weight is 535 g/mol. The Kier molecular flexibility index (Phi) is 6.69. The minimum atomic E-state index is -0.644. The van der Waals surface area contributed by atoms with E-state index in [1.807, 2.05) is 0 Å². The van der Waals surface area contributed by atoms with Gasteiger partial charge in [-0.05, 0) is 23.8 Å². The topological polar surface area (TPSA) is 123 Å². The zero-order valence-electron chi connectivity index (χ0n) is 21.9. The summed E-state index contributed by atoms with van der Waals surface area (Å²) in [4.78, 5) is 26.4. The van der Waals surface area contributed by atoms with Crippen LogP contribution in [0.1, 0.15) is 23.5 Å². The lowest BCUT2D eigenvalue weighted by molar-refractivity contribution is -0.135. The van der Waals surface area contributed by atoms with Gasteiger partial charge in [0.05, 0.1) is 47.5 Å². The zero-order chi connectivity index (χ0) is 27.8. The Labute approximate surface area is 223 Å². The van der Waals surface area contributed by atoms with Crippen LogP contribution in [0.25, 0.3) is 22.1 Å². The average Bonchev–Trinajstić information content (AvgIpc) is 2.95. The summed E-state index contributed by atoms with van der Waals surface area (Å²) in [5.74, 6) is 0.604. The molecule has 1 aliphatic heterocycles. The summed E-state index contributed by atoms with van der Waals surface area (Å²) in [6.45, 7) is 0. The van der Waals surface area contributed by atoms with Gasteiger partial charge in [0.15, 0.2) is 23.0 Å². The molecule has 1 atom stereocenters. The van der Waals surface area contributed by atoms with Crippen LogP contribution >= 0.6 is 0 Å². The van der Waals surface area contributed by atoms with Crippen molar-refractivity contribution < 1.29 is 42.7 Å². The quantitative estimate of drug-likeness (QED) is 0.265. The van der Waals surface area contributed by atoms with Gasteiger partial charge in [-0.3, -0.25) is 9.59 Å². The minimum absolute atomic E-state index is 0.0524. The fraction of sp³-hybridized carbons (Fsp3) is 0.241. The van der Waals surface area contributed by atoms with Crippen molar-refractivity contribution in [3.63, 3.8) is 0 Å². The van der Waals surface area contributed by atoms with E-state index in [9.17, 15) is 14.7 Å². The van der Waals surface area contributed by atoms with Gasteiger partial charge in [0.2, 0.25) is 11.2 Å². The molecule has 1 N–H and O–H groups in total. The van der Waals surface area contributed by atoms with Crippen LogP contribution in [-0.4, -0.2) is 46.6 Å². The summed E-state index contributed by atoms with van der Waals surface area (Å²) in [6.07, 6.45) is 1.24. The number of phenols is 1. The first-order valence-electron chi connectivity index (χ1n) is 11.9. The Morgan fingerprint density at radius 3 is 2.18 bits per heavy atom. The van der Waals surface area contributed by atoms with Gasteiger partial charge in [-0.2, -0.15) is 0 Å². The number of hydrogen-bond donors (Lipinski definition) is 1. The Hall–Kier alpha value is -4.86. The fourth-order valence-electron chi connectivity index (χ4n) is 5.00. The normalized spacial score (nSPS) is 14.4. The van der Waals surface area contributed by atoms with E-state index in [1.165, 1.54) is 47.9 Å². The zero-order valence-corrected chi connectivity index (χ0v) is 21.9. The number of carbonyl (C=O) groups excluding carboxylic acids is 1. The highest BCUT2D eigenvalue weighted by atomic mass is 16.5. The summed E-state index contributed by atoms with van der Waals surface area (Å²) in [5.41, 5.74) is 1.33. The molecule has 0 saturated heterocycles. The van der Waals surface area contributed by atoms with Crippen LogP contribution in [-0.2, 0) is 4.79 Å². The minimum Gasteiger partial charge on any atom is -0.507 e. The van der Waals surface area contributed by atoms with Crippen LogP contribution in [0.5, 0.6) is 40.2 Å². The SMILES string of the molecule is COc1ccc(-c2coc3c4c(cc(O)c3c2=O)OC(=O)C[C@H]4c2ccc(OC)c(OC)c2OC)cc1OC. The number of aromatic hydroxyl groups is 1. The maximum atomic E-state index is 13.7. The van der Waals surface area contributed by atoms with Crippen LogP contribution in [0.4, 0.5) is 0 Å². The van der Waals surface area contributed by atoms with Gasteiger partial charge < -0.3 is 37.9 Å². The largest absolute Gasteiger partial charge is 0.507 e. The summed E-state index contributed by atoms with van der Waals surface area (Å²) >= 11 is 0. The van der Waals surface area contributed by atoms with E-state index in [0.717, 1.165) is 0 Å². The second-order valence-electron chi connectivity index (χ2n) is 8.71. The van der Waals surface area contributed by atoms with E-state index in [2.05, 4.69) is 0 Å². The molecule has 0 bridgehead atoms. The summed E-state index contributed by atoms with van der Waals surface area (Å²) in [7, 11) is 7.47. The number of carbonyl (C=O) groups is 1. The molecule has 0 amide bonds. The number of benzene rings is 3. The van der Waals surface area contributed by atoms with Crippen LogP contribution in [0.15, 0.2) is 51.9 Å². The van der Waals surface area contributed by atoms with Crippen molar-refractivity contribution in [1.29, 1.82) is 0 Å². The first-order valence-corrected chi connectivity index (χ1v) is 11.9. The maximum absolute atomic E-state index is 13.7. The van der Waals surface area contributed by atoms with Crippen LogP contribution < -0.4 is 33.8 Å². The molecule has 0 unspecified atom stereocenters. The smallest absolute Gasteiger partial charge is 0.312 e. The molecular weight excluding hydrogens is 508 g/mol. The van der Waals surface area contributed by atoms with Crippen molar-refractivity contribution in [3.05, 3.63) is 64.0 Å². The van der Waals surface area contributed by atoms with Crippen LogP contribution in [0.3, 0.4) is 0 Å². The third-order valence-electron chi connectivity index (χ3n) is 6.78. The third-order valence-corrected chi connectivity index (χ3v) is 6.78. The van der Waals surface area contributed by atoms with Crippen molar-refractivity contribution in [1.82, 2.24) is 0 Å². The van der Waals surface area contributed by atoms with Crippen molar-refractivity contribution in [2.75, 3.05) is 35.5 Å². The van der Waals surface area contributed by atoms with E-state index in [4.69, 9.17) is 32.8 Å². The first-order chi connectivity index (χ1) is 18.9. The van der Waals surface area contributed by atoms with Gasteiger partial charge in [0, 0.05) is 23.1 Å². The fourth-order valence-corrected chi connectivity index (χ4v) is 5.00. The lowest BCUT2D eigenvalue weighted by Gasteiger charge is -2.27. The van der Waals surface area contributed by atoms with Crippen molar-refractivity contribution in [2.45, 2.75) is 12.3 Å². The summed E-state index contributed by atoms with van der Waals surface area (Å²) in [6, 6.07) is 9.71. The molecule has 1 aliphatic rings. The van der Waals surface area contributed by atoms with E-state index < -0.39 is 17.3 Å². The molecule has 1 aromatic heterocycles. The number of ether oxygens (including phenoxy) is 6. The van der Waals surface area contributed by atoms with Crippen molar-refractivity contribution in [2.24, 2.45) is 0 Å². The molecule has 202 valence electrons. The molecule has 10 nitrogen and oxygen atoms in total. The second kappa shape index (κ2) is 10.1. The van der Waals surface area contributed by atoms with Gasteiger partial charge in [0.25, 0.3) is 0 Å². The van der Waals surface area contributed by atoms with E-state index in [1.54, 1.807) is 30.3 Å². The number of methoxy groups -OCH3 is 5. The molecule has 0 spiro atoms. The molecule has 5 rings (SSSR count). The maximum Gasteiger partial charge on any atom is 0.312 e. The monoisotopic (exact) mass is 534 g/mol. The highest BCUT2D eigenvalue weighted by Gasteiger charge is 2.36. The Balaban J connectivity index is 1.76. The number of hydrogen-bond acceptors (Lipinski definition) is 10. The number of esters is 1. The summed E-state index contributed by atoms with van der Waals surface area (Å²) in [5, 5.41) is 10.8. The van der Waals surface area contributed by atoms with Crippen LogP contribution in [0.2, 0.25) is 0 Å². The molecule has 0 radical (unpaired) electrons. The van der Waals surface area contributed by atoms with Crippen molar-refractivity contribution >= 4 is 16.9 Å². The first kappa shape index (κ1) is 25.8. The third kappa shape index (κ3) is 4.14. The van der Waals surface area contributed by atoms with Gasteiger partial charge in [0.1, 0.15) is 28.7 Å². The predicted octanol–water partition coefficient (Wildman–Crippen LogP) is 4.65. The molecule has 0 aliphatic carbocycles.